The average molecular weight is 202 g/mol. The maximum Gasteiger partial charge on any atom is 0.323 e. The van der Waals surface area contributed by atoms with Gasteiger partial charge in [0.25, 0.3) is 0 Å². The van der Waals surface area contributed by atoms with Gasteiger partial charge in [0.05, 0.1) is 0 Å². The van der Waals surface area contributed by atoms with Crippen LogP contribution in [0.1, 0.15) is 0 Å². The van der Waals surface area contributed by atoms with Crippen molar-refractivity contribution in [2.75, 3.05) is 0 Å². The minimum Gasteiger partial charge on any atom is -0.532 e. The summed E-state index contributed by atoms with van der Waals surface area (Å²) >= 11 is 0. The molecule has 0 unspecified atom stereocenters. The first-order chi connectivity index (χ1) is 6.76. The molecule has 0 aliphatic carbocycles. The number of benzene rings is 1. The molecule has 0 bridgehead atoms. The Balaban J connectivity index is 2.90. The Morgan fingerprint density at radius 1 is 0.929 bits per heavy atom. The summed E-state index contributed by atoms with van der Waals surface area (Å²) in [6.07, 6.45) is 0. The zero-order valence-corrected chi connectivity index (χ0v) is 9.15. The van der Waals surface area contributed by atoms with Crippen LogP contribution in [0, 0.1) is 0 Å². The van der Waals surface area contributed by atoms with Crippen molar-refractivity contribution < 1.29 is 4.43 Å². The van der Waals surface area contributed by atoms with E-state index in [9.17, 15) is 0 Å². The second kappa shape index (κ2) is 4.63. The molecule has 1 aromatic rings. The average Bonchev–Trinajstić information content (AvgIpc) is 2.28. The maximum absolute atomic E-state index is 5.83. The van der Waals surface area contributed by atoms with Crippen molar-refractivity contribution >= 4 is 8.32 Å². The summed E-state index contributed by atoms with van der Waals surface area (Å²) in [6.45, 7) is 11.3. The fraction of sp³-hybridized carbons (Fsp3) is 0. The Hall–Kier alpha value is -1.54. The zero-order chi connectivity index (χ0) is 10.4. The summed E-state index contributed by atoms with van der Waals surface area (Å²) in [5.74, 6) is 0.832. The van der Waals surface area contributed by atoms with E-state index in [1.165, 1.54) is 0 Å². The van der Waals surface area contributed by atoms with Crippen LogP contribution < -0.4 is 4.43 Å². The van der Waals surface area contributed by atoms with Gasteiger partial charge in [-0.05, 0) is 12.1 Å². The lowest BCUT2D eigenvalue weighted by molar-refractivity contribution is 0.574. The predicted octanol–water partition coefficient (Wildman–Crippen LogP) is 3.19. The molecule has 1 rings (SSSR count). The molecular weight excluding hydrogens is 188 g/mol. The Bertz CT molecular complexity index is 308. The topological polar surface area (TPSA) is 9.23 Å². The van der Waals surface area contributed by atoms with Crippen LogP contribution >= 0.6 is 0 Å². The molecule has 0 N–H and O–H groups in total. The Morgan fingerprint density at radius 2 is 1.43 bits per heavy atom. The minimum atomic E-state index is -2.17. The molecule has 72 valence electrons. The largest absolute Gasteiger partial charge is 0.532 e. The molecule has 1 nitrogen and oxygen atoms in total. The predicted molar refractivity (Wildman–Crippen MR) is 63.4 cm³/mol. The van der Waals surface area contributed by atoms with E-state index in [1.54, 1.807) is 17.1 Å². The molecular formula is C12H14OSi. The molecule has 2 heteroatoms. The highest BCUT2D eigenvalue weighted by Gasteiger charge is 2.25. The smallest absolute Gasteiger partial charge is 0.323 e. The minimum absolute atomic E-state index is 0.832. The monoisotopic (exact) mass is 202 g/mol. The van der Waals surface area contributed by atoms with Gasteiger partial charge in [0.1, 0.15) is 5.75 Å². The summed E-state index contributed by atoms with van der Waals surface area (Å²) in [5.41, 5.74) is 5.42. The SMILES string of the molecule is C=C[Si](C=C)(C=C)Oc1ccccc1. The van der Waals surface area contributed by atoms with E-state index >= 15 is 0 Å². The summed E-state index contributed by atoms with van der Waals surface area (Å²) in [4.78, 5) is 0. The van der Waals surface area contributed by atoms with Crippen molar-refractivity contribution in [3.8, 4) is 5.75 Å². The highest BCUT2D eigenvalue weighted by molar-refractivity contribution is 6.88. The highest BCUT2D eigenvalue weighted by atomic mass is 28.4. The molecule has 0 aliphatic heterocycles. The van der Waals surface area contributed by atoms with Crippen molar-refractivity contribution in [2.24, 2.45) is 0 Å². The lowest BCUT2D eigenvalue weighted by atomic mass is 10.3. The van der Waals surface area contributed by atoms with Gasteiger partial charge in [-0.15, -0.1) is 19.7 Å². The highest BCUT2D eigenvalue weighted by Crippen LogP contribution is 2.17. The molecule has 0 fully saturated rings. The van der Waals surface area contributed by atoms with Gasteiger partial charge in [-0.25, -0.2) is 0 Å². The lowest BCUT2D eigenvalue weighted by Crippen LogP contribution is -2.35. The quantitative estimate of drug-likeness (QED) is 0.666. The summed E-state index contributed by atoms with van der Waals surface area (Å²) in [6, 6.07) is 9.65. The van der Waals surface area contributed by atoms with E-state index < -0.39 is 8.32 Å². The molecule has 14 heavy (non-hydrogen) atoms. The van der Waals surface area contributed by atoms with Gasteiger partial charge in [0.15, 0.2) is 0 Å². The van der Waals surface area contributed by atoms with Crippen molar-refractivity contribution in [1.82, 2.24) is 0 Å². The van der Waals surface area contributed by atoms with E-state index in [0.29, 0.717) is 0 Å². The second-order valence-corrected chi connectivity index (χ2v) is 6.02. The number of rotatable bonds is 5. The number of hydrogen-bond acceptors (Lipinski definition) is 1. The van der Waals surface area contributed by atoms with Gasteiger partial charge in [0, 0.05) is 0 Å². The van der Waals surface area contributed by atoms with Gasteiger partial charge < -0.3 is 4.43 Å². The normalized spacial score (nSPS) is 10.3. The molecule has 1 aromatic carbocycles. The lowest BCUT2D eigenvalue weighted by Gasteiger charge is -2.21. The molecule has 0 spiro atoms. The molecule has 0 radical (unpaired) electrons. The molecule has 0 aliphatic rings. The summed E-state index contributed by atoms with van der Waals surface area (Å²) < 4.78 is 5.83. The molecule has 0 aromatic heterocycles. The third-order valence-corrected chi connectivity index (χ3v) is 4.50. The van der Waals surface area contributed by atoms with Crippen LogP contribution in [-0.4, -0.2) is 8.32 Å². The second-order valence-electron chi connectivity index (χ2n) is 2.88. The van der Waals surface area contributed by atoms with Crippen molar-refractivity contribution in [3.05, 3.63) is 67.2 Å². The molecule has 0 atom stereocenters. The van der Waals surface area contributed by atoms with Crippen LogP contribution in [-0.2, 0) is 0 Å². The first-order valence-corrected chi connectivity index (χ1v) is 6.55. The van der Waals surface area contributed by atoms with E-state index in [1.807, 2.05) is 30.3 Å². The van der Waals surface area contributed by atoms with Crippen LogP contribution in [0.3, 0.4) is 0 Å². The fourth-order valence-electron chi connectivity index (χ4n) is 1.07. The van der Waals surface area contributed by atoms with Gasteiger partial charge in [-0.3, -0.25) is 0 Å². The third kappa shape index (κ3) is 2.23. The maximum atomic E-state index is 5.83. The molecule has 0 amide bonds. The number of hydrogen-bond donors (Lipinski definition) is 0. The molecule has 0 heterocycles. The van der Waals surface area contributed by atoms with Crippen molar-refractivity contribution in [3.63, 3.8) is 0 Å². The van der Waals surface area contributed by atoms with Crippen molar-refractivity contribution in [1.29, 1.82) is 0 Å². The first kappa shape index (κ1) is 10.5. The molecule has 0 saturated carbocycles. The van der Waals surface area contributed by atoms with E-state index in [4.69, 9.17) is 4.43 Å². The summed E-state index contributed by atoms with van der Waals surface area (Å²) in [7, 11) is -2.17. The summed E-state index contributed by atoms with van der Waals surface area (Å²) in [5, 5.41) is 0. The Morgan fingerprint density at radius 3 is 1.86 bits per heavy atom. The first-order valence-electron chi connectivity index (χ1n) is 4.41. The van der Waals surface area contributed by atoms with Crippen molar-refractivity contribution in [2.45, 2.75) is 0 Å². The van der Waals surface area contributed by atoms with E-state index in [0.717, 1.165) is 5.75 Å². The van der Waals surface area contributed by atoms with Gasteiger partial charge in [-0.1, -0.05) is 35.3 Å². The Labute approximate surface area is 86.2 Å². The van der Waals surface area contributed by atoms with Crippen LogP contribution in [0.5, 0.6) is 5.75 Å². The van der Waals surface area contributed by atoms with Crippen LogP contribution in [0.2, 0.25) is 0 Å². The zero-order valence-electron chi connectivity index (χ0n) is 8.15. The third-order valence-electron chi connectivity index (χ3n) is 1.99. The van der Waals surface area contributed by atoms with Crippen LogP contribution in [0.15, 0.2) is 67.2 Å². The van der Waals surface area contributed by atoms with E-state index in [-0.39, 0.29) is 0 Å². The Kier molecular flexibility index (Phi) is 3.48. The van der Waals surface area contributed by atoms with Crippen LogP contribution in [0.25, 0.3) is 0 Å². The fourth-order valence-corrected chi connectivity index (χ4v) is 2.36. The standard InChI is InChI=1S/C12H14OSi/c1-4-14(5-2,6-3)13-12-10-8-7-9-11-12/h4-11H,1-3H2. The molecule has 0 saturated heterocycles. The van der Waals surface area contributed by atoms with Gasteiger partial charge in [-0.2, -0.15) is 0 Å². The number of para-hydroxylation sites is 1. The van der Waals surface area contributed by atoms with Crippen LogP contribution in [0.4, 0.5) is 0 Å². The van der Waals surface area contributed by atoms with Gasteiger partial charge >= 0.3 is 8.32 Å². The van der Waals surface area contributed by atoms with E-state index in [2.05, 4.69) is 19.7 Å². The van der Waals surface area contributed by atoms with Gasteiger partial charge in [0.2, 0.25) is 0 Å².